The maximum Gasteiger partial charge on any atom is 0.251 e. The second-order valence-corrected chi connectivity index (χ2v) is 5.74. The molecule has 0 spiro atoms. The van der Waals surface area contributed by atoms with E-state index < -0.39 is 0 Å². The van der Waals surface area contributed by atoms with E-state index in [0.29, 0.717) is 28.6 Å². The third kappa shape index (κ3) is 3.05. The van der Waals surface area contributed by atoms with E-state index in [1.165, 1.54) is 0 Å². The molecule has 116 valence electrons. The third-order valence-electron chi connectivity index (χ3n) is 4.02. The molecule has 0 aromatic heterocycles. The van der Waals surface area contributed by atoms with Crippen molar-refractivity contribution in [1.29, 1.82) is 0 Å². The van der Waals surface area contributed by atoms with Crippen molar-refractivity contribution in [1.82, 2.24) is 5.32 Å². The molecule has 2 aliphatic rings. The molecule has 1 aromatic carbocycles. The van der Waals surface area contributed by atoms with Gasteiger partial charge in [-0.2, -0.15) is 0 Å². The molecule has 7 heteroatoms. The summed E-state index contributed by atoms with van der Waals surface area (Å²) in [4.78, 5) is 12.4. The fraction of sp³-hybridized carbons (Fsp3) is 0.500. The van der Waals surface area contributed by atoms with E-state index in [2.05, 4.69) is 5.32 Å². The van der Waals surface area contributed by atoms with Crippen molar-refractivity contribution in [2.24, 2.45) is 5.73 Å². The standard InChI is InChI=1S/C14H17ClN2O3.ClH/c15-10-5-9(6-11-12(10)20-8-19-11)13(18)17-14(7-16)3-1-2-4-14;/h5-6H,1-4,7-8,16H2,(H,17,18);1H. The lowest BCUT2D eigenvalue weighted by molar-refractivity contribution is 0.0902. The number of halogens is 2. The molecule has 1 aliphatic carbocycles. The molecule has 1 aliphatic heterocycles. The Kier molecular flexibility index (Phi) is 4.86. The van der Waals surface area contributed by atoms with E-state index in [0.717, 1.165) is 25.7 Å². The molecule has 0 saturated heterocycles. The van der Waals surface area contributed by atoms with Crippen LogP contribution in [0.1, 0.15) is 36.0 Å². The smallest absolute Gasteiger partial charge is 0.251 e. The zero-order valence-corrected chi connectivity index (χ0v) is 13.1. The molecule has 3 rings (SSSR count). The number of nitrogens with one attached hydrogen (secondary N) is 1. The predicted molar refractivity (Wildman–Crippen MR) is 82.5 cm³/mol. The zero-order valence-electron chi connectivity index (χ0n) is 11.5. The number of rotatable bonds is 3. The number of ether oxygens (including phenoxy) is 2. The number of carbonyl (C=O) groups excluding carboxylic acids is 1. The number of carbonyl (C=O) groups is 1. The number of nitrogens with two attached hydrogens (primary N) is 1. The molecule has 1 saturated carbocycles. The average molecular weight is 333 g/mol. The number of amides is 1. The van der Waals surface area contributed by atoms with Crippen molar-refractivity contribution < 1.29 is 14.3 Å². The van der Waals surface area contributed by atoms with Crippen LogP contribution in [0.4, 0.5) is 0 Å². The van der Waals surface area contributed by atoms with Crippen molar-refractivity contribution >= 4 is 29.9 Å². The molecule has 1 amide bonds. The normalized spacial score (nSPS) is 18.2. The lowest BCUT2D eigenvalue weighted by atomic mass is 9.97. The summed E-state index contributed by atoms with van der Waals surface area (Å²) in [6.07, 6.45) is 4.04. The largest absolute Gasteiger partial charge is 0.454 e. The number of hydrogen-bond donors (Lipinski definition) is 2. The molecule has 21 heavy (non-hydrogen) atoms. The highest BCUT2D eigenvalue weighted by Gasteiger charge is 2.34. The van der Waals surface area contributed by atoms with Crippen LogP contribution in [0.3, 0.4) is 0 Å². The van der Waals surface area contributed by atoms with Crippen LogP contribution in [0.2, 0.25) is 5.02 Å². The third-order valence-corrected chi connectivity index (χ3v) is 4.30. The topological polar surface area (TPSA) is 73.6 Å². The Bertz CT molecular complexity index is 545. The molecule has 1 fully saturated rings. The highest BCUT2D eigenvalue weighted by atomic mass is 35.5. The van der Waals surface area contributed by atoms with Crippen LogP contribution in [0, 0.1) is 0 Å². The second kappa shape index (κ2) is 6.30. The van der Waals surface area contributed by atoms with Gasteiger partial charge in [0.1, 0.15) is 0 Å². The maximum atomic E-state index is 12.4. The summed E-state index contributed by atoms with van der Waals surface area (Å²) >= 11 is 6.09. The van der Waals surface area contributed by atoms with Crippen molar-refractivity contribution in [3.8, 4) is 11.5 Å². The summed E-state index contributed by atoms with van der Waals surface area (Å²) in [7, 11) is 0. The molecule has 0 unspecified atom stereocenters. The molecule has 3 N–H and O–H groups in total. The summed E-state index contributed by atoms with van der Waals surface area (Å²) in [6, 6.07) is 3.26. The van der Waals surface area contributed by atoms with Gasteiger partial charge in [0, 0.05) is 12.1 Å². The summed E-state index contributed by atoms with van der Waals surface area (Å²) < 4.78 is 10.5. The van der Waals surface area contributed by atoms with Crippen LogP contribution < -0.4 is 20.5 Å². The Morgan fingerprint density at radius 1 is 1.33 bits per heavy atom. The molecule has 0 bridgehead atoms. The van der Waals surface area contributed by atoms with Gasteiger partial charge in [-0.05, 0) is 25.0 Å². The summed E-state index contributed by atoms with van der Waals surface area (Å²) in [5.41, 5.74) is 6.02. The molecule has 0 radical (unpaired) electrons. The molecule has 5 nitrogen and oxygen atoms in total. The van der Waals surface area contributed by atoms with Gasteiger partial charge in [-0.25, -0.2) is 0 Å². The maximum absolute atomic E-state index is 12.4. The van der Waals surface area contributed by atoms with Crippen LogP contribution in [-0.4, -0.2) is 24.8 Å². The van der Waals surface area contributed by atoms with E-state index in [1.807, 2.05) is 0 Å². The minimum atomic E-state index is -0.278. The lowest BCUT2D eigenvalue weighted by Gasteiger charge is -2.28. The Morgan fingerprint density at radius 3 is 2.71 bits per heavy atom. The molecule has 0 atom stereocenters. The first-order chi connectivity index (χ1) is 9.63. The quantitative estimate of drug-likeness (QED) is 0.891. The van der Waals surface area contributed by atoms with Crippen LogP contribution in [0.5, 0.6) is 11.5 Å². The molecule has 1 heterocycles. The van der Waals surface area contributed by atoms with Crippen LogP contribution >= 0.6 is 24.0 Å². The predicted octanol–water partition coefficient (Wildman–Crippen LogP) is 2.49. The minimum Gasteiger partial charge on any atom is -0.454 e. The van der Waals surface area contributed by atoms with E-state index in [-0.39, 0.29) is 30.6 Å². The van der Waals surface area contributed by atoms with Gasteiger partial charge in [0.2, 0.25) is 6.79 Å². The van der Waals surface area contributed by atoms with Gasteiger partial charge in [0.25, 0.3) is 5.91 Å². The number of fused-ring (bicyclic) bond motifs is 1. The van der Waals surface area contributed by atoms with Gasteiger partial charge in [0.05, 0.1) is 10.6 Å². The Balaban J connectivity index is 0.00000161. The monoisotopic (exact) mass is 332 g/mol. The second-order valence-electron chi connectivity index (χ2n) is 5.34. The number of hydrogen-bond acceptors (Lipinski definition) is 4. The molecular formula is C14H18Cl2N2O3. The minimum absolute atomic E-state index is 0. The Morgan fingerprint density at radius 2 is 2.05 bits per heavy atom. The Hall–Kier alpha value is -1.17. The SMILES string of the molecule is Cl.NCC1(NC(=O)c2cc(Cl)c3c(c2)OCO3)CCCC1. The van der Waals surface area contributed by atoms with Crippen molar-refractivity contribution in [2.75, 3.05) is 13.3 Å². The fourth-order valence-electron chi connectivity index (χ4n) is 2.84. The van der Waals surface area contributed by atoms with Crippen molar-refractivity contribution in [3.05, 3.63) is 22.7 Å². The fourth-order valence-corrected chi connectivity index (χ4v) is 3.11. The van der Waals surface area contributed by atoms with E-state index in [1.54, 1.807) is 12.1 Å². The van der Waals surface area contributed by atoms with Crippen molar-refractivity contribution in [2.45, 2.75) is 31.2 Å². The number of benzene rings is 1. The van der Waals surface area contributed by atoms with Crippen molar-refractivity contribution in [3.63, 3.8) is 0 Å². The van der Waals surface area contributed by atoms with Gasteiger partial charge < -0.3 is 20.5 Å². The zero-order chi connectivity index (χ0) is 14.2. The van der Waals surface area contributed by atoms with Gasteiger partial charge in [-0.1, -0.05) is 24.4 Å². The van der Waals surface area contributed by atoms with Gasteiger partial charge in [-0.3, -0.25) is 4.79 Å². The van der Waals surface area contributed by atoms with E-state index in [9.17, 15) is 4.79 Å². The van der Waals surface area contributed by atoms with E-state index >= 15 is 0 Å². The lowest BCUT2D eigenvalue weighted by Crippen LogP contribution is -2.51. The van der Waals surface area contributed by atoms with Gasteiger partial charge >= 0.3 is 0 Å². The van der Waals surface area contributed by atoms with Gasteiger partial charge in [-0.15, -0.1) is 12.4 Å². The summed E-state index contributed by atoms with van der Waals surface area (Å²) in [6.45, 7) is 0.587. The first-order valence-electron chi connectivity index (χ1n) is 6.75. The molecule has 1 aromatic rings. The van der Waals surface area contributed by atoms with Crippen LogP contribution in [0.15, 0.2) is 12.1 Å². The first kappa shape index (κ1) is 16.2. The highest BCUT2D eigenvalue weighted by Crippen LogP contribution is 2.40. The Labute approximate surface area is 134 Å². The highest BCUT2D eigenvalue weighted by molar-refractivity contribution is 6.32. The van der Waals surface area contributed by atoms with E-state index in [4.69, 9.17) is 26.8 Å². The first-order valence-corrected chi connectivity index (χ1v) is 7.13. The van der Waals surface area contributed by atoms with Gasteiger partial charge in [0.15, 0.2) is 11.5 Å². The summed E-state index contributed by atoms with van der Waals surface area (Å²) in [5, 5.41) is 3.45. The summed E-state index contributed by atoms with van der Waals surface area (Å²) in [5.74, 6) is 0.839. The average Bonchev–Trinajstić information content (AvgIpc) is 3.08. The molecular weight excluding hydrogens is 315 g/mol. The van der Waals surface area contributed by atoms with Crippen LogP contribution in [0.25, 0.3) is 0 Å². The van der Waals surface area contributed by atoms with Crippen LogP contribution in [-0.2, 0) is 0 Å².